The predicted octanol–water partition coefficient (Wildman–Crippen LogP) is 4.03. The molecular weight excluding hydrogens is 672 g/mol. The van der Waals surface area contributed by atoms with E-state index in [0.717, 1.165) is 31.5 Å². The number of amides is 2. The molecule has 0 radical (unpaired) electrons. The Morgan fingerprint density at radius 1 is 0.827 bits per heavy atom. The number of likely N-dealkylation sites (tertiary alicyclic amines) is 2. The van der Waals surface area contributed by atoms with Crippen LogP contribution in [0.3, 0.4) is 0 Å². The van der Waals surface area contributed by atoms with E-state index in [-0.39, 0.29) is 62.8 Å². The molecule has 0 saturated carbocycles. The Balaban J connectivity index is 0.973. The Morgan fingerprint density at radius 3 is 2.00 bits per heavy atom. The largest absolute Gasteiger partial charge is 0.491 e. The van der Waals surface area contributed by atoms with E-state index in [1.165, 1.54) is 32.5 Å². The number of carbonyl (C=O) groups excluding carboxylic acids is 2. The molecule has 4 saturated heterocycles. The van der Waals surface area contributed by atoms with Gasteiger partial charge in [-0.05, 0) is 25.0 Å². The maximum atomic E-state index is 16.5. The summed E-state index contributed by atoms with van der Waals surface area (Å²) in [6, 6.07) is 11.1. The molecule has 9 rings (SSSR count). The first-order chi connectivity index (χ1) is 25.2. The number of aromatic nitrogens is 3. The monoisotopic (exact) mass is 709 g/mol. The van der Waals surface area contributed by atoms with Crippen LogP contribution in [-0.4, -0.2) is 94.6 Å². The van der Waals surface area contributed by atoms with Gasteiger partial charge in [-0.2, -0.15) is 0 Å². The van der Waals surface area contributed by atoms with E-state index >= 15 is 8.78 Å². The van der Waals surface area contributed by atoms with Gasteiger partial charge in [-0.3, -0.25) is 24.4 Å². The van der Waals surface area contributed by atoms with Crippen LogP contribution in [0.15, 0.2) is 48.7 Å². The molecule has 5 aliphatic heterocycles. The molecule has 14 heteroatoms. The fraction of sp³-hybridized carbons (Fsp3) is 0.395. The lowest BCUT2D eigenvalue weighted by Gasteiger charge is -2.50. The molecule has 2 aromatic heterocycles. The third-order valence-electron chi connectivity index (χ3n) is 11.1. The van der Waals surface area contributed by atoms with Crippen LogP contribution in [0, 0.1) is 11.6 Å². The van der Waals surface area contributed by atoms with Crippen molar-refractivity contribution in [1.29, 1.82) is 0 Å². The van der Waals surface area contributed by atoms with Crippen molar-refractivity contribution in [3.8, 4) is 51.2 Å². The standard InChI is InChI=1S/C38H37F2N7O5/c1-50-35-27(15-46-17-37(18-46)11-9-30(48)44-37)41-14-26(43-35)24-8-4-6-22(34(24)40)21-5-3-7-23(33(21)39)25-13-29-32(36(42-25)51-2)28(16-52-29)47-19-38(20-47)12-10-31(49)45-38/h3-8,13-14,28H,9-12,15-20H2,1-2H3,(H,44,48)(H,45,49). The third kappa shape index (κ3) is 5.34. The number of ether oxygens (including phenoxy) is 3. The highest BCUT2D eigenvalue weighted by molar-refractivity contribution is 5.81. The van der Waals surface area contributed by atoms with Crippen LogP contribution in [-0.2, 0) is 16.1 Å². The first-order valence-corrected chi connectivity index (χ1v) is 17.5. The van der Waals surface area contributed by atoms with Gasteiger partial charge < -0.3 is 24.8 Å². The van der Waals surface area contributed by atoms with Gasteiger partial charge in [0.1, 0.15) is 29.7 Å². The van der Waals surface area contributed by atoms with E-state index in [2.05, 4.69) is 30.4 Å². The summed E-state index contributed by atoms with van der Waals surface area (Å²) in [5.74, 6) is 0.0242. The van der Waals surface area contributed by atoms with Crippen LogP contribution in [0.25, 0.3) is 33.6 Å². The molecule has 268 valence electrons. The molecule has 1 atom stereocenters. The highest BCUT2D eigenvalue weighted by Crippen LogP contribution is 2.47. The average Bonchev–Trinajstić information content (AvgIpc) is 3.84. The predicted molar refractivity (Wildman–Crippen MR) is 184 cm³/mol. The Kier molecular flexibility index (Phi) is 7.66. The average molecular weight is 710 g/mol. The summed E-state index contributed by atoms with van der Waals surface area (Å²) in [5, 5.41) is 6.18. The molecule has 52 heavy (non-hydrogen) atoms. The van der Waals surface area contributed by atoms with Crippen LogP contribution in [0.5, 0.6) is 17.5 Å². The van der Waals surface area contributed by atoms with Gasteiger partial charge in [0.25, 0.3) is 0 Å². The molecule has 0 bridgehead atoms. The van der Waals surface area contributed by atoms with Gasteiger partial charge in [0.05, 0.1) is 54.5 Å². The summed E-state index contributed by atoms with van der Waals surface area (Å²) in [7, 11) is 3.01. The number of hydrogen-bond donors (Lipinski definition) is 2. The summed E-state index contributed by atoms with van der Waals surface area (Å²) in [4.78, 5) is 41.8. The Hall–Kier alpha value is -5.21. The Morgan fingerprint density at radius 2 is 1.40 bits per heavy atom. The van der Waals surface area contributed by atoms with Gasteiger partial charge in [0, 0.05) is 73.9 Å². The highest BCUT2D eigenvalue weighted by Gasteiger charge is 2.52. The van der Waals surface area contributed by atoms with Gasteiger partial charge in [0.15, 0.2) is 0 Å². The van der Waals surface area contributed by atoms with Crippen molar-refractivity contribution in [1.82, 2.24) is 35.4 Å². The SMILES string of the molecule is COc1nc(-c2cccc(-c3cccc(-c4cc5c(c(OC)n4)C(N4CC6(CCC(=O)N6)C4)CO5)c3F)c2F)cnc1CN1CC2(CCC(=O)N2)C1. The molecule has 7 heterocycles. The number of methoxy groups -OCH3 is 2. The number of carbonyl (C=O) groups is 2. The van der Waals surface area contributed by atoms with Crippen molar-refractivity contribution < 1.29 is 32.6 Å². The minimum Gasteiger partial charge on any atom is -0.491 e. The van der Waals surface area contributed by atoms with Crippen LogP contribution < -0.4 is 24.8 Å². The third-order valence-corrected chi connectivity index (χ3v) is 11.1. The summed E-state index contributed by atoms with van der Waals surface area (Å²) < 4.78 is 50.2. The number of halogens is 2. The lowest BCUT2D eigenvalue weighted by Crippen LogP contribution is -2.67. The number of hydrogen-bond acceptors (Lipinski definition) is 10. The smallest absolute Gasteiger partial charge is 0.237 e. The first kappa shape index (κ1) is 32.7. The minimum atomic E-state index is -0.652. The van der Waals surface area contributed by atoms with Crippen molar-refractivity contribution in [3.05, 3.63) is 71.6 Å². The zero-order chi connectivity index (χ0) is 35.8. The summed E-state index contributed by atoms with van der Waals surface area (Å²) in [6.07, 6.45) is 4.21. The van der Waals surface area contributed by atoms with Crippen molar-refractivity contribution in [3.63, 3.8) is 0 Å². The van der Waals surface area contributed by atoms with Crippen molar-refractivity contribution in [2.24, 2.45) is 0 Å². The molecule has 12 nitrogen and oxygen atoms in total. The van der Waals surface area contributed by atoms with E-state index in [1.54, 1.807) is 30.3 Å². The number of benzene rings is 2. The lowest BCUT2D eigenvalue weighted by atomic mass is 9.86. The van der Waals surface area contributed by atoms with Crippen LogP contribution >= 0.6 is 0 Å². The Labute approximate surface area is 298 Å². The second-order valence-corrected chi connectivity index (χ2v) is 14.5. The topological polar surface area (TPSA) is 131 Å². The quantitative estimate of drug-likeness (QED) is 0.277. The molecule has 1 unspecified atom stereocenters. The van der Waals surface area contributed by atoms with Gasteiger partial charge in [-0.15, -0.1) is 0 Å². The normalized spacial score (nSPS) is 21.3. The van der Waals surface area contributed by atoms with Crippen molar-refractivity contribution >= 4 is 11.8 Å². The van der Waals surface area contributed by atoms with Gasteiger partial charge >= 0.3 is 0 Å². The fourth-order valence-corrected chi connectivity index (χ4v) is 8.55. The van der Waals surface area contributed by atoms with E-state index < -0.39 is 11.6 Å². The molecule has 2 N–H and O–H groups in total. The zero-order valence-corrected chi connectivity index (χ0v) is 28.8. The molecule has 4 aromatic rings. The van der Waals surface area contributed by atoms with E-state index in [9.17, 15) is 9.59 Å². The molecule has 4 fully saturated rings. The molecule has 2 spiro atoms. The second-order valence-electron chi connectivity index (χ2n) is 14.5. The molecule has 2 aromatic carbocycles. The number of nitrogens with one attached hydrogen (secondary N) is 2. The Bertz CT molecular complexity index is 2140. The number of nitrogens with zero attached hydrogens (tertiary/aromatic N) is 5. The van der Waals surface area contributed by atoms with Gasteiger partial charge in [0.2, 0.25) is 23.6 Å². The number of pyridine rings is 1. The van der Waals surface area contributed by atoms with E-state index in [4.69, 9.17) is 19.2 Å². The number of rotatable bonds is 8. The summed E-state index contributed by atoms with van der Waals surface area (Å²) in [5.41, 5.74) is 2.02. The molecule has 5 aliphatic rings. The highest BCUT2D eigenvalue weighted by atomic mass is 19.1. The van der Waals surface area contributed by atoms with Crippen molar-refractivity contribution in [2.45, 2.75) is 49.3 Å². The first-order valence-electron chi connectivity index (χ1n) is 17.5. The molecule has 0 aliphatic carbocycles. The molecular formula is C38H37F2N7O5. The van der Waals surface area contributed by atoms with E-state index in [1.807, 2.05) is 0 Å². The van der Waals surface area contributed by atoms with Crippen LogP contribution in [0.1, 0.15) is 43.0 Å². The fourth-order valence-electron chi connectivity index (χ4n) is 8.55. The van der Waals surface area contributed by atoms with Gasteiger partial charge in [-0.1, -0.05) is 24.3 Å². The second kappa shape index (κ2) is 12.2. The lowest BCUT2D eigenvalue weighted by molar-refractivity contribution is -0.121. The maximum absolute atomic E-state index is 16.5. The van der Waals surface area contributed by atoms with E-state index in [0.29, 0.717) is 62.1 Å². The van der Waals surface area contributed by atoms with Crippen LogP contribution in [0.2, 0.25) is 0 Å². The van der Waals surface area contributed by atoms with Crippen molar-refractivity contribution in [2.75, 3.05) is 47.0 Å². The van der Waals surface area contributed by atoms with Gasteiger partial charge in [-0.25, -0.2) is 18.7 Å². The summed E-state index contributed by atoms with van der Waals surface area (Å²) in [6.45, 7) is 3.71. The molecule has 2 amide bonds. The number of fused-ring (bicyclic) bond motifs is 1. The van der Waals surface area contributed by atoms with Crippen LogP contribution in [0.4, 0.5) is 8.78 Å². The summed E-state index contributed by atoms with van der Waals surface area (Å²) >= 11 is 0. The zero-order valence-electron chi connectivity index (χ0n) is 28.8. The minimum absolute atomic E-state index is 0.0568. The maximum Gasteiger partial charge on any atom is 0.237 e.